The molecule has 0 bridgehead atoms. The maximum atomic E-state index is 5.71. The minimum Gasteiger partial charge on any atom is -0.382 e. The second-order valence-electron chi connectivity index (χ2n) is 4.62. The summed E-state index contributed by atoms with van der Waals surface area (Å²) >= 11 is 0. The molecule has 1 aromatic rings. The van der Waals surface area contributed by atoms with E-state index in [0.29, 0.717) is 6.10 Å². The van der Waals surface area contributed by atoms with E-state index in [1.54, 1.807) is 0 Å². The molecular weight excluding hydrogens is 198 g/mol. The van der Waals surface area contributed by atoms with Crippen molar-refractivity contribution in [1.82, 2.24) is 0 Å². The van der Waals surface area contributed by atoms with Crippen LogP contribution in [0.15, 0.2) is 18.2 Å². The van der Waals surface area contributed by atoms with Crippen LogP contribution in [-0.2, 0) is 4.74 Å². The highest BCUT2D eigenvalue weighted by Crippen LogP contribution is 2.19. The molecule has 1 aromatic carbocycles. The van der Waals surface area contributed by atoms with Gasteiger partial charge >= 0.3 is 0 Å². The summed E-state index contributed by atoms with van der Waals surface area (Å²) < 4.78 is 5.71. The molecule has 16 heavy (non-hydrogen) atoms. The summed E-state index contributed by atoms with van der Waals surface area (Å²) in [6.45, 7) is 6.18. The highest BCUT2D eigenvalue weighted by molar-refractivity contribution is 5.53. The van der Waals surface area contributed by atoms with Crippen molar-refractivity contribution >= 4 is 5.69 Å². The number of aryl methyl sites for hydroxylation is 1. The Morgan fingerprint density at radius 3 is 2.94 bits per heavy atom. The normalized spacial score (nSPS) is 20.8. The van der Waals surface area contributed by atoms with E-state index >= 15 is 0 Å². The highest BCUT2D eigenvalue weighted by Gasteiger charge is 2.13. The van der Waals surface area contributed by atoms with Crippen molar-refractivity contribution < 1.29 is 4.74 Å². The fourth-order valence-corrected chi connectivity index (χ4v) is 2.13. The molecule has 1 atom stereocenters. The Balaban J connectivity index is 1.91. The maximum Gasteiger partial charge on any atom is 0.0747 e. The van der Waals surface area contributed by atoms with Crippen LogP contribution in [0, 0.1) is 13.8 Å². The Labute approximate surface area is 98.0 Å². The summed E-state index contributed by atoms with van der Waals surface area (Å²) in [6.07, 6.45) is 4.12. The van der Waals surface area contributed by atoms with Crippen LogP contribution in [0.5, 0.6) is 0 Å². The van der Waals surface area contributed by atoms with Crippen molar-refractivity contribution in [2.24, 2.45) is 0 Å². The number of hydrogen-bond donors (Lipinski definition) is 1. The molecule has 2 rings (SSSR count). The number of benzene rings is 1. The van der Waals surface area contributed by atoms with Gasteiger partial charge in [0.15, 0.2) is 0 Å². The standard InChI is InChI=1S/C14H21NO/c1-11-6-5-8-14(12(11)2)15-10-13-7-3-4-9-16-13/h5-6,8,13,15H,3-4,7,9-10H2,1-2H3. The van der Waals surface area contributed by atoms with Crippen molar-refractivity contribution in [1.29, 1.82) is 0 Å². The third-order valence-electron chi connectivity index (χ3n) is 3.40. The van der Waals surface area contributed by atoms with Gasteiger partial charge in [-0.05, 0) is 50.3 Å². The molecule has 1 unspecified atom stereocenters. The van der Waals surface area contributed by atoms with E-state index < -0.39 is 0 Å². The van der Waals surface area contributed by atoms with Gasteiger partial charge in [-0.25, -0.2) is 0 Å². The van der Waals surface area contributed by atoms with Gasteiger partial charge in [0.2, 0.25) is 0 Å². The first-order chi connectivity index (χ1) is 7.77. The van der Waals surface area contributed by atoms with Crippen LogP contribution in [-0.4, -0.2) is 19.3 Å². The Hall–Kier alpha value is -1.02. The minimum atomic E-state index is 0.397. The Morgan fingerprint density at radius 1 is 1.31 bits per heavy atom. The van der Waals surface area contributed by atoms with E-state index in [1.165, 1.54) is 36.1 Å². The van der Waals surface area contributed by atoms with Gasteiger partial charge in [0.05, 0.1) is 6.10 Å². The fraction of sp³-hybridized carbons (Fsp3) is 0.571. The van der Waals surface area contributed by atoms with Crippen LogP contribution in [0.4, 0.5) is 5.69 Å². The second-order valence-corrected chi connectivity index (χ2v) is 4.62. The second kappa shape index (κ2) is 5.35. The Morgan fingerprint density at radius 2 is 2.19 bits per heavy atom. The van der Waals surface area contributed by atoms with E-state index in [1.807, 2.05) is 0 Å². The average Bonchev–Trinajstić information content (AvgIpc) is 2.32. The van der Waals surface area contributed by atoms with Crippen LogP contribution in [0.25, 0.3) is 0 Å². The molecule has 1 fully saturated rings. The average molecular weight is 219 g/mol. The predicted octanol–water partition coefficient (Wildman–Crippen LogP) is 3.28. The van der Waals surface area contributed by atoms with E-state index in [0.717, 1.165) is 13.2 Å². The van der Waals surface area contributed by atoms with Gasteiger partial charge < -0.3 is 10.1 Å². The van der Waals surface area contributed by atoms with Crippen molar-refractivity contribution in [2.45, 2.75) is 39.2 Å². The van der Waals surface area contributed by atoms with E-state index in [2.05, 4.69) is 37.4 Å². The number of anilines is 1. The zero-order chi connectivity index (χ0) is 11.4. The van der Waals surface area contributed by atoms with Crippen molar-refractivity contribution in [3.8, 4) is 0 Å². The van der Waals surface area contributed by atoms with Gasteiger partial charge in [0, 0.05) is 18.8 Å². The quantitative estimate of drug-likeness (QED) is 0.842. The lowest BCUT2D eigenvalue weighted by Crippen LogP contribution is -2.27. The molecular formula is C14H21NO. The molecule has 0 radical (unpaired) electrons. The summed E-state index contributed by atoms with van der Waals surface area (Å²) in [7, 11) is 0. The van der Waals surface area contributed by atoms with E-state index in [-0.39, 0.29) is 0 Å². The van der Waals surface area contributed by atoms with Gasteiger partial charge in [-0.1, -0.05) is 12.1 Å². The third-order valence-corrected chi connectivity index (χ3v) is 3.40. The topological polar surface area (TPSA) is 21.3 Å². The minimum absolute atomic E-state index is 0.397. The summed E-state index contributed by atoms with van der Waals surface area (Å²) in [4.78, 5) is 0. The zero-order valence-electron chi connectivity index (χ0n) is 10.3. The van der Waals surface area contributed by atoms with Gasteiger partial charge in [-0.3, -0.25) is 0 Å². The lowest BCUT2D eigenvalue weighted by molar-refractivity contribution is 0.0247. The molecule has 1 aliphatic heterocycles. The van der Waals surface area contributed by atoms with Crippen molar-refractivity contribution in [2.75, 3.05) is 18.5 Å². The zero-order valence-corrected chi connectivity index (χ0v) is 10.3. The smallest absolute Gasteiger partial charge is 0.0747 e. The first kappa shape index (κ1) is 11.5. The summed E-state index contributed by atoms with van der Waals surface area (Å²) in [5, 5.41) is 3.50. The molecule has 0 amide bonds. The summed E-state index contributed by atoms with van der Waals surface area (Å²) in [5.41, 5.74) is 3.93. The number of nitrogens with one attached hydrogen (secondary N) is 1. The number of ether oxygens (including phenoxy) is 1. The van der Waals surface area contributed by atoms with E-state index in [9.17, 15) is 0 Å². The van der Waals surface area contributed by atoms with Gasteiger partial charge in [-0.15, -0.1) is 0 Å². The van der Waals surface area contributed by atoms with Crippen LogP contribution in [0.3, 0.4) is 0 Å². The van der Waals surface area contributed by atoms with Crippen molar-refractivity contribution in [3.63, 3.8) is 0 Å². The SMILES string of the molecule is Cc1cccc(NCC2CCCCO2)c1C. The predicted molar refractivity (Wildman–Crippen MR) is 68.0 cm³/mol. The molecule has 1 saturated heterocycles. The van der Waals surface area contributed by atoms with Crippen LogP contribution in [0.2, 0.25) is 0 Å². The molecule has 0 aliphatic carbocycles. The monoisotopic (exact) mass is 219 g/mol. The molecule has 2 nitrogen and oxygen atoms in total. The molecule has 1 heterocycles. The molecule has 1 aliphatic rings. The van der Waals surface area contributed by atoms with Crippen LogP contribution >= 0.6 is 0 Å². The van der Waals surface area contributed by atoms with Crippen LogP contribution < -0.4 is 5.32 Å². The lowest BCUT2D eigenvalue weighted by Gasteiger charge is -2.23. The molecule has 0 saturated carbocycles. The third kappa shape index (κ3) is 2.76. The highest BCUT2D eigenvalue weighted by atomic mass is 16.5. The van der Waals surface area contributed by atoms with Gasteiger partial charge in [0.25, 0.3) is 0 Å². The van der Waals surface area contributed by atoms with Gasteiger partial charge in [0.1, 0.15) is 0 Å². The van der Waals surface area contributed by atoms with Gasteiger partial charge in [-0.2, -0.15) is 0 Å². The van der Waals surface area contributed by atoms with Crippen LogP contribution in [0.1, 0.15) is 30.4 Å². The Bertz CT molecular complexity index is 343. The lowest BCUT2D eigenvalue weighted by atomic mass is 10.1. The molecule has 0 aromatic heterocycles. The summed E-state index contributed by atoms with van der Waals surface area (Å²) in [6, 6.07) is 6.40. The number of rotatable bonds is 3. The molecule has 2 heteroatoms. The molecule has 0 spiro atoms. The largest absolute Gasteiger partial charge is 0.382 e. The molecule has 88 valence electrons. The number of hydrogen-bond acceptors (Lipinski definition) is 2. The first-order valence-corrected chi connectivity index (χ1v) is 6.19. The fourth-order valence-electron chi connectivity index (χ4n) is 2.13. The van der Waals surface area contributed by atoms with E-state index in [4.69, 9.17) is 4.74 Å². The van der Waals surface area contributed by atoms with Crippen molar-refractivity contribution in [3.05, 3.63) is 29.3 Å². The molecule has 1 N–H and O–H groups in total. The summed E-state index contributed by atoms with van der Waals surface area (Å²) in [5.74, 6) is 0. The maximum absolute atomic E-state index is 5.71. The Kier molecular flexibility index (Phi) is 3.83. The first-order valence-electron chi connectivity index (χ1n) is 6.19.